The zero-order chi connectivity index (χ0) is 17.2. The number of ether oxygens (including phenoxy) is 1. The first-order valence-electron chi connectivity index (χ1n) is 8.26. The Morgan fingerprint density at radius 3 is 2.32 bits per heavy atom. The second-order valence-electron chi connectivity index (χ2n) is 6.02. The van der Waals surface area contributed by atoms with Crippen LogP contribution in [0.15, 0.2) is 60.7 Å². The van der Waals surface area contributed by atoms with E-state index < -0.39 is 12.0 Å². The molecule has 6 nitrogen and oxygen atoms in total. The summed E-state index contributed by atoms with van der Waals surface area (Å²) in [6.07, 6.45) is -0.574. The van der Waals surface area contributed by atoms with Crippen molar-refractivity contribution >= 4 is 17.7 Å². The molecule has 6 heteroatoms. The molecule has 0 unspecified atom stereocenters. The molecular weight excluding hydrogens is 320 g/mol. The van der Waals surface area contributed by atoms with Crippen LogP contribution < -0.4 is 5.06 Å². The smallest absolute Gasteiger partial charge is 0.416 e. The number of nitrogens with zero attached hydrogens (tertiary/aromatic N) is 2. The second-order valence-corrected chi connectivity index (χ2v) is 6.02. The van der Waals surface area contributed by atoms with Crippen molar-refractivity contribution in [2.75, 3.05) is 24.8 Å². The second kappa shape index (κ2) is 6.57. The molecule has 2 aliphatic rings. The molecule has 0 saturated carbocycles. The van der Waals surface area contributed by atoms with E-state index in [0.29, 0.717) is 6.54 Å². The maximum atomic E-state index is 12.9. The van der Waals surface area contributed by atoms with Crippen LogP contribution in [0, 0.1) is 5.92 Å². The van der Waals surface area contributed by atoms with Gasteiger partial charge in [-0.1, -0.05) is 48.5 Å². The van der Waals surface area contributed by atoms with Crippen molar-refractivity contribution in [3.8, 4) is 0 Å². The van der Waals surface area contributed by atoms with Gasteiger partial charge < -0.3 is 4.74 Å². The molecule has 128 valence electrons. The number of anilines is 1. The van der Waals surface area contributed by atoms with E-state index in [9.17, 15) is 9.59 Å². The number of amides is 2. The van der Waals surface area contributed by atoms with Gasteiger partial charge in [-0.25, -0.2) is 14.8 Å². The Balaban J connectivity index is 1.69. The molecule has 4 rings (SSSR count). The van der Waals surface area contributed by atoms with Crippen LogP contribution in [0.1, 0.15) is 11.6 Å². The van der Waals surface area contributed by atoms with Gasteiger partial charge in [0, 0.05) is 0 Å². The van der Waals surface area contributed by atoms with Gasteiger partial charge in [-0.15, -0.1) is 0 Å². The third-order valence-electron chi connectivity index (χ3n) is 4.52. The van der Waals surface area contributed by atoms with Crippen LogP contribution in [0.4, 0.5) is 10.5 Å². The highest BCUT2D eigenvalue weighted by Gasteiger charge is 2.45. The van der Waals surface area contributed by atoms with Crippen LogP contribution in [0.25, 0.3) is 0 Å². The van der Waals surface area contributed by atoms with E-state index in [1.54, 1.807) is 5.06 Å². The number of carbonyl (C=O) groups is 2. The van der Waals surface area contributed by atoms with Crippen molar-refractivity contribution in [3.05, 3.63) is 66.2 Å². The van der Waals surface area contributed by atoms with Crippen LogP contribution in [0.2, 0.25) is 0 Å². The number of carbonyl (C=O) groups excluding carboxylic acids is 2. The molecule has 2 aromatic rings. The molecule has 0 spiro atoms. The Hall–Kier alpha value is -2.86. The minimum absolute atomic E-state index is 0.219. The fraction of sp³-hybridized carbons (Fsp3) is 0.263. The third kappa shape index (κ3) is 2.85. The van der Waals surface area contributed by atoms with Crippen LogP contribution in [0.3, 0.4) is 0 Å². The minimum Gasteiger partial charge on any atom is -0.447 e. The van der Waals surface area contributed by atoms with E-state index in [1.165, 1.54) is 4.90 Å². The fourth-order valence-corrected chi connectivity index (χ4v) is 3.32. The van der Waals surface area contributed by atoms with Crippen molar-refractivity contribution in [2.45, 2.75) is 6.04 Å². The first-order valence-corrected chi connectivity index (χ1v) is 8.26. The minimum atomic E-state index is -0.574. The summed E-state index contributed by atoms with van der Waals surface area (Å²) in [6, 6.07) is 19.1. The van der Waals surface area contributed by atoms with Gasteiger partial charge in [0.05, 0.1) is 30.8 Å². The summed E-state index contributed by atoms with van der Waals surface area (Å²) in [5, 5.41) is 1.76. The predicted octanol–water partition coefficient (Wildman–Crippen LogP) is 2.77. The number of hydrogen-bond acceptors (Lipinski definition) is 5. The Kier molecular flexibility index (Phi) is 4.11. The van der Waals surface area contributed by atoms with Gasteiger partial charge in [0.25, 0.3) is 0 Å². The number of rotatable bonds is 3. The van der Waals surface area contributed by atoms with Crippen molar-refractivity contribution in [2.24, 2.45) is 5.92 Å². The standard InChI is InChI=1S/C19H18N2O4/c22-18(20-11-12-24-19(20)23)16-13-25-21(15-9-5-2-6-10-15)17(16)14-7-3-1-4-8-14/h1-10,16-17H,11-13H2/t16-,17-/m1/s1. The summed E-state index contributed by atoms with van der Waals surface area (Å²) in [4.78, 5) is 31.8. The molecule has 0 aromatic heterocycles. The number of imide groups is 1. The summed E-state index contributed by atoms with van der Waals surface area (Å²) in [5.74, 6) is -0.733. The molecule has 0 bridgehead atoms. The normalized spacial score (nSPS) is 23.0. The number of para-hydroxylation sites is 1. The van der Waals surface area contributed by atoms with E-state index in [1.807, 2.05) is 60.7 Å². The first kappa shape index (κ1) is 15.7. The largest absolute Gasteiger partial charge is 0.447 e. The third-order valence-corrected chi connectivity index (χ3v) is 4.52. The molecule has 2 aromatic carbocycles. The predicted molar refractivity (Wildman–Crippen MR) is 90.6 cm³/mol. The molecule has 2 amide bonds. The Morgan fingerprint density at radius 2 is 1.68 bits per heavy atom. The Labute approximate surface area is 145 Å². The van der Waals surface area contributed by atoms with E-state index in [2.05, 4.69) is 0 Å². The summed E-state index contributed by atoms with van der Waals surface area (Å²) < 4.78 is 4.91. The van der Waals surface area contributed by atoms with Crippen LogP contribution >= 0.6 is 0 Å². The molecule has 2 aliphatic heterocycles. The SMILES string of the molecule is O=C1OCCN1C(=O)[C@@H]1CON(c2ccccc2)[C@@H]1c1ccccc1. The monoisotopic (exact) mass is 338 g/mol. The number of hydrogen-bond donors (Lipinski definition) is 0. The fourth-order valence-electron chi connectivity index (χ4n) is 3.32. The van der Waals surface area contributed by atoms with Crippen LogP contribution in [-0.2, 0) is 14.4 Å². The quantitative estimate of drug-likeness (QED) is 0.861. The van der Waals surface area contributed by atoms with E-state index in [4.69, 9.17) is 9.57 Å². The maximum Gasteiger partial charge on any atom is 0.416 e. The van der Waals surface area contributed by atoms with Crippen LogP contribution in [-0.4, -0.2) is 36.7 Å². The Morgan fingerprint density at radius 1 is 1.00 bits per heavy atom. The molecule has 0 aliphatic carbocycles. The summed E-state index contributed by atoms with van der Waals surface area (Å²) in [7, 11) is 0. The summed E-state index contributed by atoms with van der Waals surface area (Å²) in [5.41, 5.74) is 1.84. The van der Waals surface area contributed by atoms with Gasteiger partial charge in [0.1, 0.15) is 6.61 Å². The molecular formula is C19H18N2O4. The van der Waals surface area contributed by atoms with Gasteiger partial charge >= 0.3 is 6.09 Å². The molecule has 2 atom stereocenters. The van der Waals surface area contributed by atoms with Gasteiger partial charge in [-0.2, -0.15) is 0 Å². The van der Waals surface area contributed by atoms with Crippen molar-refractivity contribution in [1.29, 1.82) is 0 Å². The average molecular weight is 338 g/mol. The number of benzene rings is 2. The molecule has 2 fully saturated rings. The number of cyclic esters (lactones) is 1. The van der Waals surface area contributed by atoms with Gasteiger partial charge in [0.15, 0.2) is 0 Å². The highest BCUT2D eigenvalue weighted by Crippen LogP contribution is 2.39. The first-order chi connectivity index (χ1) is 12.3. The summed E-state index contributed by atoms with van der Waals surface area (Å²) >= 11 is 0. The lowest BCUT2D eigenvalue weighted by Crippen LogP contribution is -2.40. The summed E-state index contributed by atoms with van der Waals surface area (Å²) in [6.45, 7) is 0.759. The molecule has 0 N–H and O–H groups in total. The van der Waals surface area contributed by atoms with Crippen molar-refractivity contribution in [3.63, 3.8) is 0 Å². The lowest BCUT2D eigenvalue weighted by molar-refractivity contribution is -0.132. The molecule has 25 heavy (non-hydrogen) atoms. The zero-order valence-corrected chi connectivity index (χ0v) is 13.6. The average Bonchev–Trinajstić information content (AvgIpc) is 3.29. The van der Waals surface area contributed by atoms with E-state index >= 15 is 0 Å². The van der Waals surface area contributed by atoms with E-state index in [-0.39, 0.29) is 25.2 Å². The highest BCUT2D eigenvalue weighted by atomic mass is 16.7. The van der Waals surface area contributed by atoms with Gasteiger partial charge in [-0.3, -0.25) is 9.63 Å². The van der Waals surface area contributed by atoms with Gasteiger partial charge in [0.2, 0.25) is 5.91 Å². The molecule has 2 saturated heterocycles. The Bertz CT molecular complexity index is 766. The van der Waals surface area contributed by atoms with Gasteiger partial charge in [-0.05, 0) is 17.7 Å². The zero-order valence-electron chi connectivity index (χ0n) is 13.6. The lowest BCUT2D eigenvalue weighted by Gasteiger charge is -2.28. The number of hydroxylamine groups is 1. The highest BCUT2D eigenvalue weighted by molar-refractivity contribution is 5.95. The lowest BCUT2D eigenvalue weighted by atomic mass is 9.92. The maximum absolute atomic E-state index is 12.9. The van der Waals surface area contributed by atoms with Crippen molar-refractivity contribution in [1.82, 2.24) is 4.90 Å². The van der Waals surface area contributed by atoms with Crippen LogP contribution in [0.5, 0.6) is 0 Å². The molecule has 0 radical (unpaired) electrons. The van der Waals surface area contributed by atoms with E-state index in [0.717, 1.165) is 11.3 Å². The molecule has 2 heterocycles. The topological polar surface area (TPSA) is 59.1 Å². The van der Waals surface area contributed by atoms with Crippen molar-refractivity contribution < 1.29 is 19.2 Å².